The molecule has 0 radical (unpaired) electrons. The molecular formula is C23H26ClNO. The molecule has 3 heteroatoms. The summed E-state index contributed by atoms with van der Waals surface area (Å²) in [6, 6.07) is 31.1. The first kappa shape index (κ1) is 20.2. The van der Waals surface area contributed by atoms with Crippen LogP contribution in [0.3, 0.4) is 0 Å². The fourth-order valence-electron chi connectivity index (χ4n) is 3.12. The van der Waals surface area contributed by atoms with E-state index in [1.807, 2.05) is 30.3 Å². The van der Waals surface area contributed by atoms with Gasteiger partial charge in [0.15, 0.2) is 0 Å². The van der Waals surface area contributed by atoms with Gasteiger partial charge in [-0.05, 0) is 23.1 Å². The quantitative estimate of drug-likeness (QED) is 0.623. The third-order valence-electron chi connectivity index (χ3n) is 4.28. The number of aliphatic hydroxyl groups excluding tert-OH is 1. The van der Waals surface area contributed by atoms with Gasteiger partial charge in [-0.2, -0.15) is 0 Å². The highest BCUT2D eigenvalue weighted by molar-refractivity contribution is 5.85. The standard InChI is InChI=1S/C23H25NO.ClH/c25-23(16-20-10-4-1-5-11-20)19-24(17-21-12-6-2-7-13-21)18-22-14-8-3-9-15-22;/h1-15,23,25H,16-19H2;1H. The Morgan fingerprint density at radius 3 is 1.42 bits per heavy atom. The number of hydrogen-bond acceptors (Lipinski definition) is 2. The Kier molecular flexibility index (Phi) is 8.36. The van der Waals surface area contributed by atoms with Crippen molar-refractivity contribution < 1.29 is 5.11 Å². The summed E-state index contributed by atoms with van der Waals surface area (Å²) in [5.41, 5.74) is 3.71. The Morgan fingerprint density at radius 1 is 0.615 bits per heavy atom. The molecule has 136 valence electrons. The molecule has 3 rings (SSSR count). The lowest BCUT2D eigenvalue weighted by Crippen LogP contribution is -2.33. The van der Waals surface area contributed by atoms with Crippen LogP contribution in [-0.4, -0.2) is 22.7 Å². The van der Waals surface area contributed by atoms with Crippen LogP contribution >= 0.6 is 12.4 Å². The zero-order valence-corrected chi connectivity index (χ0v) is 15.7. The van der Waals surface area contributed by atoms with Gasteiger partial charge in [0.2, 0.25) is 0 Å². The maximum atomic E-state index is 10.6. The summed E-state index contributed by atoms with van der Waals surface area (Å²) in [6.45, 7) is 2.32. The van der Waals surface area contributed by atoms with Crippen LogP contribution in [-0.2, 0) is 19.5 Å². The largest absolute Gasteiger partial charge is 0.391 e. The van der Waals surface area contributed by atoms with Crippen molar-refractivity contribution in [2.24, 2.45) is 0 Å². The summed E-state index contributed by atoms with van der Waals surface area (Å²) < 4.78 is 0. The van der Waals surface area contributed by atoms with E-state index >= 15 is 0 Å². The Bertz CT molecular complexity index is 692. The van der Waals surface area contributed by atoms with Crippen LogP contribution in [0, 0.1) is 0 Å². The number of halogens is 1. The van der Waals surface area contributed by atoms with Crippen molar-refractivity contribution in [1.29, 1.82) is 0 Å². The van der Waals surface area contributed by atoms with Gasteiger partial charge >= 0.3 is 0 Å². The molecule has 3 aromatic rings. The van der Waals surface area contributed by atoms with Gasteiger partial charge in [-0.3, -0.25) is 4.90 Å². The lowest BCUT2D eigenvalue weighted by Gasteiger charge is -2.25. The van der Waals surface area contributed by atoms with E-state index < -0.39 is 0 Å². The number of aliphatic hydroxyl groups is 1. The first-order valence-electron chi connectivity index (χ1n) is 8.82. The minimum atomic E-state index is -0.380. The molecule has 1 N–H and O–H groups in total. The van der Waals surface area contributed by atoms with Crippen LogP contribution in [0.1, 0.15) is 16.7 Å². The van der Waals surface area contributed by atoms with Crippen LogP contribution in [0.15, 0.2) is 91.0 Å². The summed E-state index contributed by atoms with van der Waals surface area (Å²) in [6.07, 6.45) is 0.302. The van der Waals surface area contributed by atoms with Crippen LogP contribution in [0.4, 0.5) is 0 Å². The van der Waals surface area contributed by atoms with Crippen molar-refractivity contribution in [3.8, 4) is 0 Å². The molecule has 0 aliphatic carbocycles. The molecule has 0 saturated carbocycles. The van der Waals surface area contributed by atoms with Crippen molar-refractivity contribution in [2.45, 2.75) is 25.6 Å². The Morgan fingerprint density at radius 2 is 1.00 bits per heavy atom. The van der Waals surface area contributed by atoms with Crippen molar-refractivity contribution in [1.82, 2.24) is 4.90 Å². The summed E-state index contributed by atoms with van der Waals surface area (Å²) in [5, 5.41) is 10.6. The topological polar surface area (TPSA) is 23.5 Å². The Hall–Kier alpha value is -2.13. The highest BCUT2D eigenvalue weighted by atomic mass is 35.5. The van der Waals surface area contributed by atoms with E-state index in [-0.39, 0.29) is 18.5 Å². The molecule has 26 heavy (non-hydrogen) atoms. The van der Waals surface area contributed by atoms with Gasteiger partial charge in [0.25, 0.3) is 0 Å². The third kappa shape index (κ3) is 6.64. The number of hydrogen-bond donors (Lipinski definition) is 1. The van der Waals surface area contributed by atoms with Crippen molar-refractivity contribution in [2.75, 3.05) is 6.54 Å². The average molecular weight is 368 g/mol. The summed E-state index contributed by atoms with van der Waals surface area (Å²) in [7, 11) is 0. The Labute approximate surface area is 162 Å². The molecule has 2 nitrogen and oxygen atoms in total. The highest BCUT2D eigenvalue weighted by Crippen LogP contribution is 2.12. The maximum absolute atomic E-state index is 10.6. The molecule has 0 spiro atoms. The zero-order valence-electron chi connectivity index (χ0n) is 14.9. The van der Waals surface area contributed by atoms with E-state index in [0.29, 0.717) is 13.0 Å². The van der Waals surface area contributed by atoms with Crippen LogP contribution in [0.2, 0.25) is 0 Å². The van der Waals surface area contributed by atoms with Gasteiger partial charge in [-0.1, -0.05) is 91.0 Å². The normalized spacial score (nSPS) is 11.8. The second-order valence-electron chi connectivity index (χ2n) is 6.48. The number of nitrogens with zero attached hydrogens (tertiary/aromatic N) is 1. The van der Waals surface area contributed by atoms with E-state index in [2.05, 4.69) is 65.6 Å². The predicted molar refractivity (Wildman–Crippen MR) is 110 cm³/mol. The first-order valence-corrected chi connectivity index (χ1v) is 8.82. The molecule has 0 heterocycles. The third-order valence-corrected chi connectivity index (χ3v) is 4.28. The van der Waals surface area contributed by atoms with Crippen LogP contribution in [0.25, 0.3) is 0 Å². The van der Waals surface area contributed by atoms with E-state index in [1.54, 1.807) is 0 Å². The second-order valence-corrected chi connectivity index (χ2v) is 6.48. The molecule has 0 fully saturated rings. The monoisotopic (exact) mass is 367 g/mol. The lowest BCUT2D eigenvalue weighted by molar-refractivity contribution is 0.104. The van der Waals surface area contributed by atoms with E-state index in [9.17, 15) is 5.11 Å². The number of rotatable bonds is 8. The van der Waals surface area contributed by atoms with E-state index in [0.717, 1.165) is 13.1 Å². The molecule has 0 aliphatic rings. The zero-order chi connectivity index (χ0) is 17.3. The Balaban J connectivity index is 0.00000243. The van der Waals surface area contributed by atoms with E-state index in [4.69, 9.17) is 0 Å². The minimum Gasteiger partial charge on any atom is -0.391 e. The SMILES string of the molecule is Cl.OC(Cc1ccccc1)CN(Cc1ccccc1)Cc1ccccc1. The molecular weight excluding hydrogens is 342 g/mol. The van der Waals surface area contributed by atoms with Crippen molar-refractivity contribution in [3.05, 3.63) is 108 Å². The van der Waals surface area contributed by atoms with Gasteiger partial charge in [0, 0.05) is 19.6 Å². The average Bonchev–Trinajstić information content (AvgIpc) is 2.64. The van der Waals surface area contributed by atoms with Crippen molar-refractivity contribution >= 4 is 12.4 Å². The number of benzene rings is 3. The predicted octanol–water partition coefficient (Wildman–Crippen LogP) is 4.71. The fraction of sp³-hybridized carbons (Fsp3) is 0.217. The minimum absolute atomic E-state index is 0. The second kappa shape index (κ2) is 10.8. The first-order chi connectivity index (χ1) is 12.3. The highest BCUT2D eigenvalue weighted by Gasteiger charge is 2.13. The van der Waals surface area contributed by atoms with E-state index in [1.165, 1.54) is 16.7 Å². The van der Waals surface area contributed by atoms with Gasteiger partial charge in [-0.15, -0.1) is 12.4 Å². The fourth-order valence-corrected chi connectivity index (χ4v) is 3.12. The summed E-state index contributed by atoms with van der Waals surface area (Å²) >= 11 is 0. The van der Waals surface area contributed by atoms with Gasteiger partial charge in [0.1, 0.15) is 0 Å². The van der Waals surface area contributed by atoms with Gasteiger partial charge in [-0.25, -0.2) is 0 Å². The van der Waals surface area contributed by atoms with Crippen LogP contribution in [0.5, 0.6) is 0 Å². The molecule has 3 aromatic carbocycles. The molecule has 0 aromatic heterocycles. The summed E-state index contributed by atoms with van der Waals surface area (Å²) in [4.78, 5) is 2.32. The van der Waals surface area contributed by atoms with Gasteiger partial charge in [0.05, 0.1) is 6.10 Å². The lowest BCUT2D eigenvalue weighted by atomic mass is 10.1. The van der Waals surface area contributed by atoms with Crippen molar-refractivity contribution in [3.63, 3.8) is 0 Å². The summed E-state index contributed by atoms with van der Waals surface area (Å²) in [5.74, 6) is 0. The molecule has 0 saturated heterocycles. The smallest absolute Gasteiger partial charge is 0.0707 e. The molecule has 0 aliphatic heterocycles. The molecule has 0 amide bonds. The molecule has 0 bridgehead atoms. The maximum Gasteiger partial charge on any atom is 0.0707 e. The van der Waals surface area contributed by atoms with Gasteiger partial charge < -0.3 is 5.11 Å². The van der Waals surface area contributed by atoms with Crippen LogP contribution < -0.4 is 0 Å². The molecule has 1 atom stereocenters. The molecule has 1 unspecified atom stereocenters.